The Hall–Kier alpha value is -0.530. The average molecular weight is 383 g/mol. The first-order chi connectivity index (χ1) is 13.0. The lowest BCUT2D eigenvalue weighted by Crippen LogP contribution is -2.18. The topological polar surface area (TPSA) is 37.3 Å². The summed E-state index contributed by atoms with van der Waals surface area (Å²) >= 11 is 0. The fraction of sp³-hybridized carbons (Fsp3) is 0.960. The molecule has 0 bridgehead atoms. The van der Waals surface area contributed by atoms with Crippen LogP contribution in [0.25, 0.3) is 0 Å². The van der Waals surface area contributed by atoms with Gasteiger partial charge in [-0.2, -0.15) is 0 Å². The summed E-state index contributed by atoms with van der Waals surface area (Å²) in [6.45, 7) is 9.08. The molecule has 0 aromatic carbocycles. The molecule has 2 atom stereocenters. The molecule has 27 heavy (non-hydrogen) atoms. The number of carbonyl (C=O) groups is 1. The van der Waals surface area contributed by atoms with Gasteiger partial charge in [0.05, 0.1) is 5.92 Å². The largest absolute Gasteiger partial charge is 0.481 e. The van der Waals surface area contributed by atoms with Gasteiger partial charge in [0.1, 0.15) is 0 Å². The van der Waals surface area contributed by atoms with E-state index < -0.39 is 5.97 Å². The lowest BCUT2D eigenvalue weighted by atomic mass is 9.85. The zero-order chi connectivity index (χ0) is 20.3. The standard InChI is InChI=1S/C25H50O2/c1-5-7-14-19-23(17-6-2)21-24(25(26)27)20-16-13-11-9-8-10-12-15-18-22(3)4/h22-24H,5-21H2,1-4H3,(H,26,27). The highest BCUT2D eigenvalue weighted by Crippen LogP contribution is 2.27. The number of carboxylic acid groups (broad SMARTS) is 1. The Balaban J connectivity index is 3.86. The number of hydrogen-bond acceptors (Lipinski definition) is 1. The highest BCUT2D eigenvalue weighted by atomic mass is 16.4. The fourth-order valence-corrected chi connectivity index (χ4v) is 4.22. The lowest BCUT2D eigenvalue weighted by Gasteiger charge is -2.21. The van der Waals surface area contributed by atoms with Gasteiger partial charge in [-0.3, -0.25) is 4.79 Å². The summed E-state index contributed by atoms with van der Waals surface area (Å²) in [6.07, 6.45) is 21.0. The second kappa shape index (κ2) is 18.8. The van der Waals surface area contributed by atoms with Gasteiger partial charge in [-0.1, -0.05) is 124 Å². The van der Waals surface area contributed by atoms with E-state index in [2.05, 4.69) is 27.7 Å². The maximum absolute atomic E-state index is 11.7. The van der Waals surface area contributed by atoms with Crippen molar-refractivity contribution in [1.29, 1.82) is 0 Å². The van der Waals surface area contributed by atoms with Gasteiger partial charge in [-0.05, 0) is 24.7 Å². The molecule has 0 amide bonds. The van der Waals surface area contributed by atoms with Crippen LogP contribution in [0.15, 0.2) is 0 Å². The van der Waals surface area contributed by atoms with E-state index in [1.54, 1.807) is 0 Å². The highest BCUT2D eigenvalue weighted by Gasteiger charge is 2.21. The van der Waals surface area contributed by atoms with E-state index in [0.29, 0.717) is 5.92 Å². The molecule has 162 valence electrons. The first-order valence-corrected chi connectivity index (χ1v) is 12.2. The minimum atomic E-state index is -0.559. The maximum atomic E-state index is 11.7. The Morgan fingerprint density at radius 1 is 0.667 bits per heavy atom. The van der Waals surface area contributed by atoms with Crippen LogP contribution in [-0.2, 0) is 4.79 Å². The van der Waals surface area contributed by atoms with Crippen LogP contribution in [0, 0.1) is 17.8 Å². The van der Waals surface area contributed by atoms with Gasteiger partial charge in [0.25, 0.3) is 0 Å². The number of unbranched alkanes of at least 4 members (excludes halogenated alkanes) is 9. The zero-order valence-corrected chi connectivity index (χ0v) is 19.1. The molecular formula is C25H50O2. The van der Waals surface area contributed by atoms with Crippen LogP contribution in [0.2, 0.25) is 0 Å². The molecule has 0 aromatic heterocycles. The quantitative estimate of drug-likeness (QED) is 0.214. The molecule has 0 aliphatic carbocycles. The number of aliphatic carboxylic acids is 1. The van der Waals surface area contributed by atoms with Gasteiger partial charge >= 0.3 is 5.97 Å². The SMILES string of the molecule is CCCCCC(CCC)CC(CCCCCCCCCCC(C)C)C(=O)O. The van der Waals surface area contributed by atoms with E-state index in [9.17, 15) is 9.90 Å². The van der Waals surface area contributed by atoms with Crippen molar-refractivity contribution in [2.75, 3.05) is 0 Å². The van der Waals surface area contributed by atoms with Crippen LogP contribution < -0.4 is 0 Å². The molecule has 0 aliphatic heterocycles. The maximum Gasteiger partial charge on any atom is 0.306 e. The molecule has 0 radical (unpaired) electrons. The Labute approximate surface area is 170 Å². The predicted octanol–water partition coefficient (Wildman–Crippen LogP) is 8.63. The molecule has 0 spiro atoms. The second-order valence-electron chi connectivity index (χ2n) is 9.22. The minimum Gasteiger partial charge on any atom is -0.481 e. The predicted molar refractivity (Wildman–Crippen MR) is 119 cm³/mol. The van der Waals surface area contributed by atoms with E-state index >= 15 is 0 Å². The van der Waals surface area contributed by atoms with Crippen molar-refractivity contribution in [3.05, 3.63) is 0 Å². The Morgan fingerprint density at radius 3 is 1.67 bits per heavy atom. The van der Waals surface area contributed by atoms with Crippen LogP contribution in [0.3, 0.4) is 0 Å². The van der Waals surface area contributed by atoms with Crippen molar-refractivity contribution >= 4 is 5.97 Å². The third-order valence-electron chi connectivity index (χ3n) is 5.96. The number of carboxylic acids is 1. The first-order valence-electron chi connectivity index (χ1n) is 12.2. The van der Waals surface area contributed by atoms with Crippen molar-refractivity contribution < 1.29 is 9.90 Å². The van der Waals surface area contributed by atoms with Crippen molar-refractivity contribution in [3.8, 4) is 0 Å². The third kappa shape index (κ3) is 17.3. The number of hydrogen-bond donors (Lipinski definition) is 1. The van der Waals surface area contributed by atoms with Gasteiger partial charge < -0.3 is 5.11 Å². The molecule has 0 rings (SSSR count). The van der Waals surface area contributed by atoms with Gasteiger partial charge in [0, 0.05) is 0 Å². The summed E-state index contributed by atoms with van der Waals surface area (Å²) in [7, 11) is 0. The Morgan fingerprint density at radius 2 is 1.19 bits per heavy atom. The molecule has 0 heterocycles. The summed E-state index contributed by atoms with van der Waals surface area (Å²) in [6, 6.07) is 0. The van der Waals surface area contributed by atoms with Crippen LogP contribution in [0.4, 0.5) is 0 Å². The monoisotopic (exact) mass is 382 g/mol. The molecule has 2 heteroatoms. The van der Waals surface area contributed by atoms with E-state index in [0.717, 1.165) is 25.2 Å². The normalized spacial score (nSPS) is 13.8. The van der Waals surface area contributed by atoms with Crippen molar-refractivity contribution in [3.63, 3.8) is 0 Å². The summed E-state index contributed by atoms with van der Waals surface area (Å²) < 4.78 is 0. The molecule has 1 N–H and O–H groups in total. The van der Waals surface area contributed by atoms with Crippen LogP contribution >= 0.6 is 0 Å². The van der Waals surface area contributed by atoms with E-state index in [1.807, 2.05) is 0 Å². The molecular weight excluding hydrogens is 332 g/mol. The van der Waals surface area contributed by atoms with Crippen LogP contribution in [0.1, 0.15) is 137 Å². The minimum absolute atomic E-state index is 0.112. The average Bonchev–Trinajstić information content (AvgIpc) is 2.61. The third-order valence-corrected chi connectivity index (χ3v) is 5.96. The number of rotatable bonds is 20. The van der Waals surface area contributed by atoms with Crippen LogP contribution in [0.5, 0.6) is 0 Å². The summed E-state index contributed by atoms with van der Waals surface area (Å²) in [5.41, 5.74) is 0. The summed E-state index contributed by atoms with van der Waals surface area (Å²) in [5.74, 6) is 0.792. The summed E-state index contributed by atoms with van der Waals surface area (Å²) in [5, 5.41) is 9.62. The van der Waals surface area contributed by atoms with E-state index in [1.165, 1.54) is 89.9 Å². The molecule has 2 nitrogen and oxygen atoms in total. The molecule has 0 aromatic rings. The Kier molecular flexibility index (Phi) is 18.4. The van der Waals surface area contributed by atoms with E-state index in [4.69, 9.17) is 0 Å². The lowest BCUT2D eigenvalue weighted by molar-refractivity contribution is -0.142. The zero-order valence-electron chi connectivity index (χ0n) is 19.1. The molecule has 2 unspecified atom stereocenters. The Bertz CT molecular complexity index is 324. The van der Waals surface area contributed by atoms with Gasteiger partial charge in [-0.25, -0.2) is 0 Å². The molecule has 0 fully saturated rings. The summed E-state index contributed by atoms with van der Waals surface area (Å²) in [4.78, 5) is 11.7. The van der Waals surface area contributed by atoms with Gasteiger partial charge in [-0.15, -0.1) is 0 Å². The highest BCUT2D eigenvalue weighted by molar-refractivity contribution is 5.69. The van der Waals surface area contributed by atoms with Crippen molar-refractivity contribution in [2.45, 2.75) is 137 Å². The molecule has 0 saturated heterocycles. The smallest absolute Gasteiger partial charge is 0.306 e. The van der Waals surface area contributed by atoms with Gasteiger partial charge in [0.15, 0.2) is 0 Å². The second-order valence-corrected chi connectivity index (χ2v) is 9.22. The van der Waals surface area contributed by atoms with Crippen molar-refractivity contribution in [1.82, 2.24) is 0 Å². The first kappa shape index (κ1) is 26.5. The fourth-order valence-electron chi connectivity index (χ4n) is 4.22. The molecule has 0 saturated carbocycles. The van der Waals surface area contributed by atoms with E-state index in [-0.39, 0.29) is 5.92 Å². The van der Waals surface area contributed by atoms with Crippen LogP contribution in [-0.4, -0.2) is 11.1 Å². The molecule has 0 aliphatic rings. The van der Waals surface area contributed by atoms with Gasteiger partial charge in [0.2, 0.25) is 0 Å². The van der Waals surface area contributed by atoms with Crippen molar-refractivity contribution in [2.24, 2.45) is 17.8 Å².